The number of aryl methyl sites for hydroxylation is 1. The second kappa shape index (κ2) is 8.17. The minimum atomic E-state index is -0.275. The Balaban J connectivity index is 1.72. The van der Waals surface area contributed by atoms with Crippen molar-refractivity contribution in [3.8, 4) is 17.1 Å². The number of benzene rings is 3. The summed E-state index contributed by atoms with van der Waals surface area (Å²) in [6.45, 7) is 2.05. The van der Waals surface area contributed by atoms with Crippen LogP contribution in [0.25, 0.3) is 17.1 Å². The van der Waals surface area contributed by atoms with Crippen molar-refractivity contribution in [2.45, 2.75) is 17.8 Å². The maximum atomic E-state index is 13.4. The van der Waals surface area contributed by atoms with Gasteiger partial charge in [0.1, 0.15) is 5.82 Å². The third kappa shape index (κ3) is 4.11. The van der Waals surface area contributed by atoms with E-state index >= 15 is 0 Å². The Hall–Kier alpha value is -2.63. The fourth-order valence-corrected chi connectivity index (χ4v) is 3.84. The lowest BCUT2D eigenvalue weighted by atomic mass is 10.2. The molecule has 0 saturated heterocycles. The first kappa shape index (κ1) is 18.7. The van der Waals surface area contributed by atoms with Crippen molar-refractivity contribution < 1.29 is 4.39 Å². The second-order valence-corrected chi connectivity index (χ2v) is 7.78. The normalized spacial score (nSPS) is 11.0. The Bertz CT molecular complexity index is 1070. The monoisotopic (exact) mass is 409 g/mol. The maximum absolute atomic E-state index is 13.4. The van der Waals surface area contributed by atoms with Crippen molar-refractivity contribution in [3.63, 3.8) is 0 Å². The van der Waals surface area contributed by atoms with E-state index in [2.05, 4.69) is 22.3 Å². The van der Waals surface area contributed by atoms with Crippen LogP contribution in [0.5, 0.6) is 0 Å². The predicted molar refractivity (Wildman–Crippen MR) is 113 cm³/mol. The minimum absolute atomic E-state index is 0.275. The van der Waals surface area contributed by atoms with E-state index in [4.69, 9.17) is 11.6 Å². The topological polar surface area (TPSA) is 30.7 Å². The lowest BCUT2D eigenvalue weighted by Crippen LogP contribution is -2.00. The molecule has 0 bridgehead atoms. The molecule has 3 aromatic carbocycles. The van der Waals surface area contributed by atoms with Gasteiger partial charge in [-0.1, -0.05) is 53.2 Å². The van der Waals surface area contributed by atoms with Gasteiger partial charge in [0.25, 0.3) is 0 Å². The SMILES string of the molecule is Cc1ccc(-n2c(SCc3ccc(Cl)cc3)nnc2-c2ccc(F)cc2)cc1. The van der Waals surface area contributed by atoms with Gasteiger partial charge in [-0.25, -0.2) is 4.39 Å². The summed E-state index contributed by atoms with van der Waals surface area (Å²) >= 11 is 7.57. The van der Waals surface area contributed by atoms with E-state index in [-0.39, 0.29) is 5.82 Å². The fraction of sp³-hybridized carbons (Fsp3) is 0.0909. The Morgan fingerprint density at radius 3 is 2.25 bits per heavy atom. The highest BCUT2D eigenvalue weighted by atomic mass is 35.5. The first-order chi connectivity index (χ1) is 13.6. The molecule has 0 amide bonds. The Morgan fingerprint density at radius 1 is 0.893 bits per heavy atom. The second-order valence-electron chi connectivity index (χ2n) is 6.40. The van der Waals surface area contributed by atoms with Gasteiger partial charge in [0.15, 0.2) is 11.0 Å². The summed E-state index contributed by atoms with van der Waals surface area (Å²) in [4.78, 5) is 0. The van der Waals surface area contributed by atoms with Crippen molar-refractivity contribution in [3.05, 3.63) is 94.8 Å². The molecule has 0 aliphatic heterocycles. The van der Waals surface area contributed by atoms with Crippen molar-refractivity contribution in [1.29, 1.82) is 0 Å². The van der Waals surface area contributed by atoms with E-state index < -0.39 is 0 Å². The summed E-state index contributed by atoms with van der Waals surface area (Å²) in [5, 5.41) is 10.3. The molecular formula is C22H17ClFN3S. The summed E-state index contributed by atoms with van der Waals surface area (Å²) in [5.41, 5.74) is 4.10. The summed E-state index contributed by atoms with van der Waals surface area (Å²) in [7, 11) is 0. The van der Waals surface area contributed by atoms with Gasteiger partial charge in [0.2, 0.25) is 0 Å². The van der Waals surface area contributed by atoms with Crippen LogP contribution >= 0.6 is 23.4 Å². The van der Waals surface area contributed by atoms with E-state index in [1.54, 1.807) is 23.9 Å². The molecule has 0 radical (unpaired) electrons. The van der Waals surface area contributed by atoms with Gasteiger partial charge in [-0.2, -0.15) is 0 Å². The van der Waals surface area contributed by atoms with Gasteiger partial charge >= 0.3 is 0 Å². The number of hydrogen-bond donors (Lipinski definition) is 0. The van der Waals surface area contributed by atoms with Crippen molar-refractivity contribution in [1.82, 2.24) is 14.8 Å². The molecule has 3 nitrogen and oxygen atoms in total. The van der Waals surface area contributed by atoms with Gasteiger partial charge in [0, 0.05) is 22.0 Å². The molecule has 0 aliphatic rings. The van der Waals surface area contributed by atoms with E-state index in [9.17, 15) is 4.39 Å². The number of rotatable bonds is 5. The van der Waals surface area contributed by atoms with Crippen LogP contribution in [-0.2, 0) is 5.75 Å². The molecule has 0 N–H and O–H groups in total. The fourth-order valence-electron chi connectivity index (χ4n) is 2.80. The van der Waals surface area contributed by atoms with Gasteiger partial charge in [-0.15, -0.1) is 10.2 Å². The highest BCUT2D eigenvalue weighted by Gasteiger charge is 2.16. The standard InChI is InChI=1S/C22H17ClFN3S/c1-15-2-12-20(13-3-15)27-21(17-6-10-19(24)11-7-17)25-26-22(27)28-14-16-4-8-18(23)9-5-16/h2-13H,14H2,1H3. The molecule has 0 unspecified atom stereocenters. The largest absolute Gasteiger partial charge is 0.270 e. The average molecular weight is 410 g/mol. The van der Waals surface area contributed by atoms with Crippen molar-refractivity contribution in [2.24, 2.45) is 0 Å². The van der Waals surface area contributed by atoms with Gasteiger partial charge < -0.3 is 0 Å². The van der Waals surface area contributed by atoms with Crippen LogP contribution in [-0.4, -0.2) is 14.8 Å². The van der Waals surface area contributed by atoms with Crippen LogP contribution in [0.4, 0.5) is 4.39 Å². The molecule has 0 atom stereocenters. The minimum Gasteiger partial charge on any atom is -0.270 e. The van der Waals surface area contributed by atoms with Crippen LogP contribution in [0.3, 0.4) is 0 Å². The van der Waals surface area contributed by atoms with Gasteiger partial charge in [-0.3, -0.25) is 4.57 Å². The molecule has 4 aromatic rings. The first-order valence-electron chi connectivity index (χ1n) is 8.76. The molecule has 140 valence electrons. The highest BCUT2D eigenvalue weighted by molar-refractivity contribution is 7.98. The zero-order valence-corrected chi connectivity index (χ0v) is 16.7. The lowest BCUT2D eigenvalue weighted by molar-refractivity contribution is 0.628. The highest BCUT2D eigenvalue weighted by Crippen LogP contribution is 2.30. The van der Waals surface area contributed by atoms with E-state index in [0.717, 1.165) is 32.7 Å². The summed E-state index contributed by atoms with van der Waals surface area (Å²) in [6, 6.07) is 22.3. The lowest BCUT2D eigenvalue weighted by Gasteiger charge is -2.11. The average Bonchev–Trinajstić information content (AvgIpc) is 3.13. The summed E-state index contributed by atoms with van der Waals surface area (Å²) in [6.07, 6.45) is 0. The zero-order chi connectivity index (χ0) is 19.5. The van der Waals surface area contributed by atoms with Crippen LogP contribution in [0, 0.1) is 12.7 Å². The number of thioether (sulfide) groups is 1. The third-order valence-corrected chi connectivity index (χ3v) is 5.56. The molecular weight excluding hydrogens is 393 g/mol. The van der Waals surface area contributed by atoms with Gasteiger partial charge in [0.05, 0.1) is 0 Å². The Kier molecular flexibility index (Phi) is 5.46. The Morgan fingerprint density at radius 2 is 1.57 bits per heavy atom. The maximum Gasteiger partial charge on any atom is 0.196 e. The summed E-state index contributed by atoms with van der Waals surface area (Å²) < 4.78 is 15.4. The van der Waals surface area contributed by atoms with Crippen LogP contribution in [0.15, 0.2) is 78.0 Å². The molecule has 6 heteroatoms. The molecule has 0 aliphatic carbocycles. The first-order valence-corrected chi connectivity index (χ1v) is 10.1. The van der Waals surface area contributed by atoms with Crippen LogP contribution in [0.1, 0.15) is 11.1 Å². The molecule has 4 rings (SSSR count). The number of halogens is 2. The van der Waals surface area contributed by atoms with E-state index in [1.807, 2.05) is 47.9 Å². The number of hydrogen-bond acceptors (Lipinski definition) is 3. The molecule has 0 saturated carbocycles. The van der Waals surface area contributed by atoms with Crippen LogP contribution < -0.4 is 0 Å². The molecule has 0 fully saturated rings. The van der Waals surface area contributed by atoms with Crippen molar-refractivity contribution in [2.75, 3.05) is 0 Å². The van der Waals surface area contributed by atoms with E-state index in [0.29, 0.717) is 5.82 Å². The smallest absolute Gasteiger partial charge is 0.196 e. The molecule has 28 heavy (non-hydrogen) atoms. The van der Waals surface area contributed by atoms with Crippen LogP contribution in [0.2, 0.25) is 5.02 Å². The summed E-state index contributed by atoms with van der Waals surface area (Å²) in [5.74, 6) is 1.15. The quantitative estimate of drug-likeness (QED) is 0.361. The number of nitrogens with zero attached hydrogens (tertiary/aromatic N) is 3. The van der Waals surface area contributed by atoms with Crippen molar-refractivity contribution >= 4 is 23.4 Å². The molecule has 0 spiro atoms. The molecule has 1 aromatic heterocycles. The van der Waals surface area contributed by atoms with E-state index in [1.165, 1.54) is 17.7 Å². The third-order valence-electron chi connectivity index (χ3n) is 4.31. The van der Waals surface area contributed by atoms with Gasteiger partial charge in [-0.05, 0) is 61.0 Å². The Labute approximate surface area is 172 Å². The number of aromatic nitrogens is 3. The molecule has 1 heterocycles. The predicted octanol–water partition coefficient (Wildman–Crippen LogP) is 6.33. The zero-order valence-electron chi connectivity index (χ0n) is 15.1.